The van der Waals surface area contributed by atoms with Crippen LogP contribution in [0.4, 0.5) is 5.69 Å². The van der Waals surface area contributed by atoms with E-state index >= 15 is 0 Å². The Hall–Kier alpha value is -3.45. The highest BCUT2D eigenvalue weighted by Gasteiger charge is 2.37. The molecule has 2 atom stereocenters. The molecule has 0 bridgehead atoms. The summed E-state index contributed by atoms with van der Waals surface area (Å²) in [4.78, 5) is 42.8. The number of amides is 3. The maximum absolute atomic E-state index is 13.4. The number of rotatable bonds is 6. The van der Waals surface area contributed by atoms with Crippen molar-refractivity contribution in [3.05, 3.63) is 88.1 Å². The minimum atomic E-state index is -0.451. The minimum absolute atomic E-state index is 0.0661. The van der Waals surface area contributed by atoms with Crippen molar-refractivity contribution in [2.24, 2.45) is 0 Å². The number of benzene rings is 2. The van der Waals surface area contributed by atoms with Gasteiger partial charge in [-0.15, -0.1) is 11.3 Å². The molecule has 2 aromatic carbocycles. The van der Waals surface area contributed by atoms with E-state index in [0.717, 1.165) is 12.0 Å². The predicted molar refractivity (Wildman–Crippen MR) is 130 cm³/mol. The van der Waals surface area contributed by atoms with Crippen molar-refractivity contribution in [3.8, 4) is 0 Å². The molecular formula is C26H27N3O3S. The van der Waals surface area contributed by atoms with Crippen LogP contribution in [0.5, 0.6) is 0 Å². The van der Waals surface area contributed by atoms with Crippen LogP contribution in [-0.4, -0.2) is 47.2 Å². The third-order valence-electron chi connectivity index (χ3n) is 6.12. The fourth-order valence-electron chi connectivity index (χ4n) is 4.13. The average Bonchev–Trinajstić information content (AvgIpc) is 3.55. The maximum atomic E-state index is 13.4. The van der Waals surface area contributed by atoms with Crippen molar-refractivity contribution in [2.45, 2.75) is 31.8 Å². The summed E-state index contributed by atoms with van der Waals surface area (Å²) in [5, 5.41) is 4.79. The van der Waals surface area contributed by atoms with Gasteiger partial charge in [0.05, 0.1) is 10.9 Å². The Kier molecular flexibility index (Phi) is 6.89. The maximum Gasteiger partial charge on any atom is 0.264 e. The molecule has 0 aliphatic carbocycles. The van der Waals surface area contributed by atoms with Gasteiger partial charge >= 0.3 is 0 Å². The molecule has 1 fully saturated rings. The van der Waals surface area contributed by atoms with E-state index in [9.17, 15) is 14.4 Å². The topological polar surface area (TPSA) is 69.7 Å². The zero-order valence-electron chi connectivity index (χ0n) is 18.7. The number of nitrogens with zero attached hydrogens (tertiary/aromatic N) is 2. The molecular weight excluding hydrogens is 434 g/mol. The van der Waals surface area contributed by atoms with Gasteiger partial charge in [-0.2, -0.15) is 0 Å². The van der Waals surface area contributed by atoms with Crippen LogP contribution in [-0.2, 0) is 4.79 Å². The van der Waals surface area contributed by atoms with Crippen molar-refractivity contribution in [3.63, 3.8) is 0 Å². The summed E-state index contributed by atoms with van der Waals surface area (Å²) in [5.41, 5.74) is 2.16. The van der Waals surface area contributed by atoms with Gasteiger partial charge in [0.1, 0.15) is 6.04 Å². The van der Waals surface area contributed by atoms with Crippen molar-refractivity contribution in [1.82, 2.24) is 9.80 Å². The van der Waals surface area contributed by atoms with E-state index in [-0.39, 0.29) is 23.8 Å². The van der Waals surface area contributed by atoms with E-state index < -0.39 is 6.04 Å². The minimum Gasteiger partial charge on any atom is -0.337 e. The summed E-state index contributed by atoms with van der Waals surface area (Å²) >= 11 is 1.40. The van der Waals surface area contributed by atoms with Gasteiger partial charge in [0.2, 0.25) is 5.91 Å². The lowest BCUT2D eigenvalue weighted by Crippen LogP contribution is -2.47. The zero-order chi connectivity index (χ0) is 23.4. The van der Waals surface area contributed by atoms with Crippen LogP contribution in [0.25, 0.3) is 0 Å². The lowest BCUT2D eigenvalue weighted by Gasteiger charge is -2.31. The molecule has 33 heavy (non-hydrogen) atoms. The van der Waals surface area contributed by atoms with E-state index in [0.29, 0.717) is 29.1 Å². The quantitative estimate of drug-likeness (QED) is 0.572. The fourth-order valence-corrected chi connectivity index (χ4v) is 4.81. The van der Waals surface area contributed by atoms with Gasteiger partial charge in [-0.25, -0.2) is 0 Å². The Labute approximate surface area is 197 Å². The SMILES string of the molecule is C[C@H](c1cccc(NC(=O)c2ccccc2)c1)N(C)C(=O)[C@H]1CCCN1C(=O)c1cccs1. The number of anilines is 1. The van der Waals surface area contributed by atoms with Crippen LogP contribution in [0.15, 0.2) is 72.1 Å². The predicted octanol–water partition coefficient (Wildman–Crippen LogP) is 4.82. The van der Waals surface area contributed by atoms with E-state index in [1.807, 2.05) is 60.8 Å². The van der Waals surface area contributed by atoms with Crippen molar-refractivity contribution in [1.29, 1.82) is 0 Å². The monoisotopic (exact) mass is 461 g/mol. The van der Waals surface area contributed by atoms with Crippen LogP contribution >= 0.6 is 11.3 Å². The fraction of sp³-hybridized carbons (Fsp3) is 0.269. The third-order valence-corrected chi connectivity index (χ3v) is 6.98. The van der Waals surface area contributed by atoms with Crippen LogP contribution < -0.4 is 5.32 Å². The Morgan fingerprint density at radius 3 is 2.58 bits per heavy atom. The van der Waals surface area contributed by atoms with E-state index in [1.165, 1.54) is 11.3 Å². The van der Waals surface area contributed by atoms with Gasteiger partial charge < -0.3 is 15.1 Å². The summed E-state index contributed by atoms with van der Waals surface area (Å²) in [6, 6.07) is 19.5. The van der Waals surface area contributed by atoms with E-state index in [2.05, 4.69) is 5.32 Å². The van der Waals surface area contributed by atoms with Crippen molar-refractivity contribution in [2.75, 3.05) is 18.9 Å². The van der Waals surface area contributed by atoms with Crippen molar-refractivity contribution >= 4 is 34.7 Å². The van der Waals surface area contributed by atoms with Crippen LogP contribution in [0.1, 0.15) is 51.4 Å². The molecule has 6 nitrogen and oxygen atoms in total. The molecule has 1 saturated heterocycles. The summed E-state index contributed by atoms with van der Waals surface area (Å²) in [5.74, 6) is -0.324. The van der Waals surface area contributed by atoms with Gasteiger partial charge in [0.25, 0.3) is 11.8 Å². The molecule has 1 aliphatic heterocycles. The normalized spacial score (nSPS) is 16.3. The number of hydrogen-bond acceptors (Lipinski definition) is 4. The number of carbonyl (C=O) groups is 3. The third kappa shape index (κ3) is 4.98. The van der Waals surface area contributed by atoms with Crippen molar-refractivity contribution < 1.29 is 14.4 Å². The van der Waals surface area contributed by atoms with Gasteiger partial charge in [-0.05, 0) is 61.0 Å². The van der Waals surface area contributed by atoms with E-state index in [1.54, 1.807) is 35.0 Å². The zero-order valence-corrected chi connectivity index (χ0v) is 19.5. The summed E-state index contributed by atoms with van der Waals surface area (Å²) in [6.45, 7) is 2.55. The first-order valence-electron chi connectivity index (χ1n) is 11.0. The Balaban J connectivity index is 1.45. The van der Waals surface area contributed by atoms with Crippen LogP contribution in [0.3, 0.4) is 0 Å². The highest BCUT2D eigenvalue weighted by molar-refractivity contribution is 7.12. The molecule has 2 heterocycles. The average molecular weight is 462 g/mol. The number of likely N-dealkylation sites (N-methyl/N-ethyl adjacent to an activating group) is 1. The molecule has 0 radical (unpaired) electrons. The molecule has 7 heteroatoms. The summed E-state index contributed by atoms with van der Waals surface area (Å²) < 4.78 is 0. The Morgan fingerprint density at radius 2 is 1.85 bits per heavy atom. The molecule has 1 N–H and O–H groups in total. The highest BCUT2D eigenvalue weighted by Crippen LogP contribution is 2.28. The Morgan fingerprint density at radius 1 is 1.06 bits per heavy atom. The first-order chi connectivity index (χ1) is 16.0. The Bertz CT molecular complexity index is 1130. The van der Waals surface area contributed by atoms with Gasteiger partial charge in [0.15, 0.2) is 0 Å². The number of nitrogens with one attached hydrogen (secondary N) is 1. The molecule has 3 amide bonds. The summed E-state index contributed by atoms with van der Waals surface area (Å²) in [7, 11) is 1.77. The summed E-state index contributed by atoms with van der Waals surface area (Å²) in [6.07, 6.45) is 1.48. The highest BCUT2D eigenvalue weighted by atomic mass is 32.1. The molecule has 1 aliphatic rings. The van der Waals surface area contributed by atoms with Gasteiger partial charge in [0, 0.05) is 24.8 Å². The standard InChI is InChI=1S/C26H27N3O3S/c1-18(20-11-6-12-21(17-20)27-24(30)19-9-4-3-5-10-19)28(2)25(31)22-13-7-15-29(22)26(32)23-14-8-16-33-23/h3-6,8-12,14,16-18,22H,7,13,15H2,1-2H3,(H,27,30)/t18-,22-/m1/s1. The molecule has 4 rings (SSSR count). The van der Waals surface area contributed by atoms with Gasteiger partial charge in [-0.1, -0.05) is 36.4 Å². The molecule has 3 aromatic rings. The largest absolute Gasteiger partial charge is 0.337 e. The molecule has 170 valence electrons. The second-order valence-corrected chi connectivity index (χ2v) is 9.15. The van der Waals surface area contributed by atoms with E-state index in [4.69, 9.17) is 0 Å². The molecule has 0 saturated carbocycles. The first-order valence-corrected chi connectivity index (χ1v) is 11.9. The van der Waals surface area contributed by atoms with Gasteiger partial charge in [-0.3, -0.25) is 14.4 Å². The number of likely N-dealkylation sites (tertiary alicyclic amines) is 1. The molecule has 0 spiro atoms. The number of hydrogen-bond donors (Lipinski definition) is 1. The lowest BCUT2D eigenvalue weighted by atomic mass is 10.0. The van der Waals surface area contributed by atoms with Crippen LogP contribution in [0.2, 0.25) is 0 Å². The number of thiophene rings is 1. The molecule has 1 aromatic heterocycles. The molecule has 0 unspecified atom stereocenters. The number of carbonyl (C=O) groups excluding carboxylic acids is 3. The lowest BCUT2D eigenvalue weighted by molar-refractivity contribution is -0.135. The second-order valence-electron chi connectivity index (χ2n) is 8.20. The van der Waals surface area contributed by atoms with Crippen LogP contribution in [0, 0.1) is 0 Å². The smallest absolute Gasteiger partial charge is 0.264 e. The first kappa shape index (κ1) is 22.7. The second kappa shape index (κ2) is 10.0.